The second kappa shape index (κ2) is 6.80. The van der Waals surface area contributed by atoms with Gasteiger partial charge in [0.05, 0.1) is 12.0 Å². The Morgan fingerprint density at radius 1 is 1.50 bits per heavy atom. The van der Waals surface area contributed by atoms with Crippen molar-refractivity contribution in [2.45, 2.75) is 29.5 Å². The highest BCUT2D eigenvalue weighted by Gasteiger charge is 2.20. The molecule has 0 spiro atoms. The van der Waals surface area contributed by atoms with Gasteiger partial charge in [0.2, 0.25) is 10.0 Å². The summed E-state index contributed by atoms with van der Waals surface area (Å²) in [5, 5.41) is 0.386. The van der Waals surface area contributed by atoms with Crippen LogP contribution in [0, 0.1) is 0 Å². The molecule has 3 N–H and O–H groups in total. The van der Waals surface area contributed by atoms with E-state index in [9.17, 15) is 8.42 Å². The minimum atomic E-state index is -3.48. The molecule has 0 saturated carbocycles. The minimum Gasteiger partial charge on any atom is -0.496 e. The van der Waals surface area contributed by atoms with Crippen LogP contribution >= 0.6 is 11.8 Å². The maximum absolute atomic E-state index is 12.3. The molecular formula is C13H20N2O3S2. The van der Waals surface area contributed by atoms with Crippen LogP contribution in [0.3, 0.4) is 0 Å². The van der Waals surface area contributed by atoms with E-state index in [2.05, 4.69) is 4.72 Å². The fraction of sp³-hybridized carbons (Fsp3) is 0.538. The number of rotatable bonds is 6. The molecule has 0 aliphatic carbocycles. The van der Waals surface area contributed by atoms with Crippen molar-refractivity contribution < 1.29 is 13.2 Å². The molecule has 1 aromatic carbocycles. The molecule has 7 heteroatoms. The number of benzene rings is 1. The van der Waals surface area contributed by atoms with Crippen molar-refractivity contribution >= 4 is 21.8 Å². The van der Waals surface area contributed by atoms with Gasteiger partial charge in [-0.2, -0.15) is 11.8 Å². The van der Waals surface area contributed by atoms with E-state index in [1.165, 1.54) is 7.11 Å². The van der Waals surface area contributed by atoms with Crippen LogP contribution < -0.4 is 15.2 Å². The molecule has 1 heterocycles. The Bertz CT molecular complexity index is 555. The van der Waals surface area contributed by atoms with Crippen LogP contribution in [-0.4, -0.2) is 33.1 Å². The van der Waals surface area contributed by atoms with Crippen LogP contribution in [0.25, 0.3) is 0 Å². The average molecular weight is 316 g/mol. The highest BCUT2D eigenvalue weighted by atomic mass is 32.2. The standard InChI is InChI=1S/C13H20N2O3S2/c1-18-13-5-4-12(7-10(13)8-14)20(16,17)15-9-11-3-2-6-19-11/h4-5,7,11,15H,2-3,6,8-9,14H2,1H3. The lowest BCUT2D eigenvalue weighted by atomic mass is 10.2. The Morgan fingerprint density at radius 2 is 2.30 bits per heavy atom. The Hall–Kier alpha value is -0.760. The van der Waals surface area contributed by atoms with E-state index in [4.69, 9.17) is 10.5 Å². The average Bonchev–Trinajstić information content (AvgIpc) is 2.97. The lowest BCUT2D eigenvalue weighted by molar-refractivity contribution is 0.409. The topological polar surface area (TPSA) is 81.4 Å². The molecule has 1 atom stereocenters. The highest BCUT2D eigenvalue weighted by molar-refractivity contribution is 8.00. The van der Waals surface area contributed by atoms with E-state index in [1.54, 1.807) is 18.2 Å². The lowest BCUT2D eigenvalue weighted by Gasteiger charge is -2.13. The van der Waals surface area contributed by atoms with Crippen molar-refractivity contribution in [3.05, 3.63) is 23.8 Å². The van der Waals surface area contributed by atoms with Gasteiger partial charge >= 0.3 is 0 Å². The van der Waals surface area contributed by atoms with Crippen molar-refractivity contribution in [2.75, 3.05) is 19.4 Å². The number of methoxy groups -OCH3 is 1. The Kier molecular flexibility index (Phi) is 5.31. The monoisotopic (exact) mass is 316 g/mol. The van der Waals surface area contributed by atoms with Gasteiger partial charge in [-0.15, -0.1) is 0 Å². The van der Waals surface area contributed by atoms with Gasteiger partial charge in [0.1, 0.15) is 5.75 Å². The third kappa shape index (κ3) is 3.66. The number of thioether (sulfide) groups is 1. The Morgan fingerprint density at radius 3 is 2.90 bits per heavy atom. The summed E-state index contributed by atoms with van der Waals surface area (Å²) >= 11 is 1.83. The zero-order valence-corrected chi connectivity index (χ0v) is 13.1. The smallest absolute Gasteiger partial charge is 0.240 e. The van der Waals surface area contributed by atoms with Crippen LogP contribution in [0.1, 0.15) is 18.4 Å². The van der Waals surface area contributed by atoms with Crippen LogP contribution in [0.2, 0.25) is 0 Å². The maximum atomic E-state index is 12.3. The summed E-state index contributed by atoms with van der Waals surface area (Å²) < 4.78 is 32.3. The largest absolute Gasteiger partial charge is 0.496 e. The molecule has 1 fully saturated rings. The summed E-state index contributed by atoms with van der Waals surface area (Å²) in [6.07, 6.45) is 2.24. The van der Waals surface area contributed by atoms with Crippen molar-refractivity contribution in [1.82, 2.24) is 4.72 Å². The molecule has 0 amide bonds. The number of nitrogens with one attached hydrogen (secondary N) is 1. The van der Waals surface area contributed by atoms with E-state index < -0.39 is 10.0 Å². The van der Waals surface area contributed by atoms with Gasteiger partial charge in [0.25, 0.3) is 0 Å². The first-order valence-electron chi connectivity index (χ1n) is 6.55. The molecule has 112 valence electrons. The molecule has 1 aliphatic heterocycles. The minimum absolute atomic E-state index is 0.238. The van der Waals surface area contributed by atoms with Crippen LogP contribution in [0.15, 0.2) is 23.1 Å². The molecule has 0 bridgehead atoms. The molecule has 2 rings (SSSR count). The van der Waals surface area contributed by atoms with Gasteiger partial charge in [0, 0.05) is 23.9 Å². The van der Waals surface area contributed by atoms with Gasteiger partial charge in [-0.25, -0.2) is 13.1 Å². The van der Waals surface area contributed by atoms with Gasteiger partial charge in [-0.3, -0.25) is 0 Å². The van der Waals surface area contributed by atoms with E-state index in [-0.39, 0.29) is 11.4 Å². The predicted molar refractivity (Wildman–Crippen MR) is 81.6 cm³/mol. The predicted octanol–water partition coefficient (Wildman–Crippen LogP) is 1.33. The summed E-state index contributed by atoms with van der Waals surface area (Å²) in [7, 11) is -1.94. The lowest BCUT2D eigenvalue weighted by Crippen LogP contribution is -2.30. The second-order valence-electron chi connectivity index (χ2n) is 4.66. The molecule has 1 saturated heterocycles. The normalized spacial score (nSPS) is 19.2. The Labute approximate surface area is 124 Å². The molecule has 1 aliphatic rings. The molecule has 1 aromatic rings. The van der Waals surface area contributed by atoms with Gasteiger partial charge in [0.15, 0.2) is 0 Å². The summed E-state index contributed by atoms with van der Waals surface area (Å²) in [5.41, 5.74) is 6.30. The zero-order valence-electron chi connectivity index (χ0n) is 11.5. The van der Waals surface area contributed by atoms with Gasteiger partial charge in [-0.05, 0) is 36.8 Å². The van der Waals surface area contributed by atoms with Gasteiger partial charge < -0.3 is 10.5 Å². The van der Waals surface area contributed by atoms with Crippen LogP contribution in [-0.2, 0) is 16.6 Å². The van der Waals surface area contributed by atoms with E-state index in [0.717, 1.165) is 18.6 Å². The number of nitrogens with two attached hydrogens (primary N) is 1. The maximum Gasteiger partial charge on any atom is 0.240 e. The molecule has 20 heavy (non-hydrogen) atoms. The first kappa shape index (κ1) is 15.6. The van der Waals surface area contributed by atoms with E-state index in [0.29, 0.717) is 23.1 Å². The number of ether oxygens (including phenoxy) is 1. The number of hydrogen-bond donors (Lipinski definition) is 2. The second-order valence-corrected chi connectivity index (χ2v) is 7.84. The van der Waals surface area contributed by atoms with Crippen molar-refractivity contribution in [3.8, 4) is 5.75 Å². The first-order chi connectivity index (χ1) is 9.56. The molecular weight excluding hydrogens is 296 g/mol. The number of sulfonamides is 1. The number of hydrogen-bond acceptors (Lipinski definition) is 5. The molecule has 0 aromatic heterocycles. The summed E-state index contributed by atoms with van der Waals surface area (Å²) in [4.78, 5) is 0.238. The van der Waals surface area contributed by atoms with Gasteiger partial charge in [-0.1, -0.05) is 0 Å². The molecule has 0 radical (unpaired) electrons. The molecule has 1 unspecified atom stereocenters. The van der Waals surface area contributed by atoms with Crippen molar-refractivity contribution in [2.24, 2.45) is 5.73 Å². The van der Waals surface area contributed by atoms with E-state index in [1.807, 2.05) is 11.8 Å². The highest BCUT2D eigenvalue weighted by Crippen LogP contribution is 2.26. The summed E-state index contributed by atoms with van der Waals surface area (Å²) in [6, 6.07) is 4.76. The van der Waals surface area contributed by atoms with Crippen LogP contribution in [0.5, 0.6) is 5.75 Å². The van der Waals surface area contributed by atoms with E-state index >= 15 is 0 Å². The summed E-state index contributed by atoms with van der Waals surface area (Å²) in [5.74, 6) is 1.73. The fourth-order valence-electron chi connectivity index (χ4n) is 2.17. The molecule has 5 nitrogen and oxygen atoms in total. The van der Waals surface area contributed by atoms with Crippen molar-refractivity contribution in [3.63, 3.8) is 0 Å². The third-order valence-electron chi connectivity index (χ3n) is 3.31. The fourth-order valence-corrected chi connectivity index (χ4v) is 4.61. The first-order valence-corrected chi connectivity index (χ1v) is 9.08. The van der Waals surface area contributed by atoms with Crippen LogP contribution in [0.4, 0.5) is 0 Å². The quantitative estimate of drug-likeness (QED) is 0.827. The summed E-state index contributed by atoms with van der Waals surface area (Å²) in [6.45, 7) is 0.724. The third-order valence-corrected chi connectivity index (χ3v) is 6.13. The van der Waals surface area contributed by atoms with Crippen molar-refractivity contribution in [1.29, 1.82) is 0 Å². The SMILES string of the molecule is COc1ccc(S(=O)(=O)NCC2CCCS2)cc1CN. The zero-order chi connectivity index (χ0) is 14.6. The Balaban J connectivity index is 2.11.